The molecule has 0 fully saturated rings. The Morgan fingerprint density at radius 1 is 1.54 bits per heavy atom. The molecule has 70 valence electrons. The van der Waals surface area contributed by atoms with Crippen molar-refractivity contribution < 1.29 is 0 Å². The molecule has 0 aliphatic heterocycles. The number of rotatable bonds is 1. The third kappa shape index (κ3) is 1.99. The third-order valence-corrected chi connectivity index (χ3v) is 2.40. The van der Waals surface area contributed by atoms with Crippen LogP contribution in [0, 0.1) is 6.92 Å². The highest BCUT2D eigenvalue weighted by molar-refractivity contribution is 7.14. The molecule has 0 amide bonds. The average Bonchev–Trinajstić information content (AvgIpc) is 2.58. The van der Waals surface area contributed by atoms with Crippen molar-refractivity contribution in [2.45, 2.75) is 6.92 Å². The standard InChI is InChI=1S/C7H8N4S.ClH/c1-4-3-9-7(12-4)5-2-6(8)11-10-5;/h2-3H,1H3,(H3,8,10,11);1H. The number of aromatic amines is 1. The van der Waals surface area contributed by atoms with E-state index in [2.05, 4.69) is 15.2 Å². The minimum Gasteiger partial charge on any atom is -0.382 e. The van der Waals surface area contributed by atoms with Crippen LogP contribution in [0.1, 0.15) is 4.88 Å². The lowest BCUT2D eigenvalue weighted by Gasteiger charge is -1.84. The van der Waals surface area contributed by atoms with E-state index in [4.69, 9.17) is 5.73 Å². The van der Waals surface area contributed by atoms with E-state index in [0.717, 1.165) is 10.7 Å². The molecule has 0 radical (unpaired) electrons. The summed E-state index contributed by atoms with van der Waals surface area (Å²) < 4.78 is 0. The highest BCUT2D eigenvalue weighted by Crippen LogP contribution is 2.23. The van der Waals surface area contributed by atoms with Gasteiger partial charge in [-0.25, -0.2) is 4.98 Å². The first kappa shape index (κ1) is 10.0. The largest absolute Gasteiger partial charge is 0.382 e. The molecule has 2 aromatic heterocycles. The summed E-state index contributed by atoms with van der Waals surface area (Å²) in [4.78, 5) is 5.37. The number of hydrogen-bond acceptors (Lipinski definition) is 4. The fourth-order valence-electron chi connectivity index (χ4n) is 0.926. The molecule has 0 aliphatic rings. The number of nitrogens with two attached hydrogens (primary N) is 1. The molecule has 0 saturated heterocycles. The number of H-pyrrole nitrogens is 1. The van der Waals surface area contributed by atoms with Gasteiger partial charge in [-0.05, 0) is 6.92 Å². The second kappa shape index (κ2) is 3.76. The first-order valence-corrected chi connectivity index (χ1v) is 4.31. The van der Waals surface area contributed by atoms with Crippen molar-refractivity contribution in [3.8, 4) is 10.7 Å². The van der Waals surface area contributed by atoms with Crippen LogP contribution in [0.25, 0.3) is 10.7 Å². The molecule has 0 spiro atoms. The number of hydrogen-bond donors (Lipinski definition) is 2. The van der Waals surface area contributed by atoms with E-state index < -0.39 is 0 Å². The molecule has 4 nitrogen and oxygen atoms in total. The van der Waals surface area contributed by atoms with Crippen LogP contribution in [0.2, 0.25) is 0 Å². The van der Waals surface area contributed by atoms with Crippen molar-refractivity contribution in [2.75, 3.05) is 5.73 Å². The second-order valence-corrected chi connectivity index (χ2v) is 3.72. The summed E-state index contributed by atoms with van der Waals surface area (Å²) in [5.41, 5.74) is 6.34. The van der Waals surface area contributed by atoms with Gasteiger partial charge in [-0.15, -0.1) is 23.7 Å². The predicted molar refractivity (Wildman–Crippen MR) is 56.1 cm³/mol. The lowest BCUT2D eigenvalue weighted by Crippen LogP contribution is -1.81. The molecule has 2 aromatic rings. The van der Waals surface area contributed by atoms with Crippen molar-refractivity contribution in [2.24, 2.45) is 0 Å². The Morgan fingerprint density at radius 2 is 2.31 bits per heavy atom. The van der Waals surface area contributed by atoms with Crippen molar-refractivity contribution >= 4 is 29.6 Å². The second-order valence-electron chi connectivity index (χ2n) is 2.48. The Kier molecular flexibility index (Phi) is 2.90. The number of halogens is 1. The Labute approximate surface area is 85.6 Å². The van der Waals surface area contributed by atoms with E-state index in [9.17, 15) is 0 Å². The molecule has 2 heterocycles. The van der Waals surface area contributed by atoms with Gasteiger partial charge in [-0.2, -0.15) is 5.10 Å². The van der Waals surface area contributed by atoms with Crippen molar-refractivity contribution in [1.29, 1.82) is 0 Å². The number of nitrogens with zero attached hydrogens (tertiary/aromatic N) is 2. The summed E-state index contributed by atoms with van der Waals surface area (Å²) in [6.45, 7) is 2.01. The van der Waals surface area contributed by atoms with Crippen molar-refractivity contribution in [3.05, 3.63) is 17.1 Å². The van der Waals surface area contributed by atoms with Gasteiger partial charge in [0.1, 0.15) is 10.8 Å². The van der Waals surface area contributed by atoms with Crippen LogP contribution in [0.3, 0.4) is 0 Å². The molecule has 0 atom stereocenters. The number of aromatic nitrogens is 3. The third-order valence-electron chi connectivity index (χ3n) is 1.45. The molecule has 2 rings (SSSR count). The predicted octanol–water partition coefficient (Wildman–Crippen LogP) is 1.85. The smallest absolute Gasteiger partial charge is 0.145 e. The van der Waals surface area contributed by atoms with Crippen LogP contribution < -0.4 is 5.73 Å². The summed E-state index contributed by atoms with van der Waals surface area (Å²) in [5.74, 6) is 0.498. The summed E-state index contributed by atoms with van der Waals surface area (Å²) in [7, 11) is 0. The lowest BCUT2D eigenvalue weighted by molar-refractivity contribution is 1.10. The number of nitrogens with one attached hydrogen (secondary N) is 1. The number of nitrogen functional groups attached to an aromatic ring is 1. The average molecular weight is 217 g/mol. The van der Waals surface area contributed by atoms with Gasteiger partial charge in [0, 0.05) is 17.1 Å². The first-order valence-electron chi connectivity index (χ1n) is 3.49. The van der Waals surface area contributed by atoms with Gasteiger partial charge in [0.2, 0.25) is 0 Å². The molecule has 0 saturated carbocycles. The van der Waals surface area contributed by atoms with E-state index in [-0.39, 0.29) is 12.4 Å². The molecule has 13 heavy (non-hydrogen) atoms. The zero-order chi connectivity index (χ0) is 8.55. The van der Waals surface area contributed by atoms with Crippen LogP contribution in [0.5, 0.6) is 0 Å². The van der Waals surface area contributed by atoms with Crippen molar-refractivity contribution in [3.63, 3.8) is 0 Å². The Bertz CT molecular complexity index is 356. The van der Waals surface area contributed by atoms with E-state index in [1.54, 1.807) is 17.4 Å². The fourth-order valence-corrected chi connectivity index (χ4v) is 1.66. The molecule has 0 aromatic carbocycles. The molecular weight excluding hydrogens is 208 g/mol. The van der Waals surface area contributed by atoms with Gasteiger partial charge in [0.15, 0.2) is 0 Å². The highest BCUT2D eigenvalue weighted by Gasteiger charge is 2.04. The summed E-state index contributed by atoms with van der Waals surface area (Å²) in [6.07, 6.45) is 1.83. The first-order chi connectivity index (χ1) is 5.75. The van der Waals surface area contributed by atoms with Gasteiger partial charge < -0.3 is 5.73 Å². The van der Waals surface area contributed by atoms with Gasteiger partial charge in [-0.3, -0.25) is 5.10 Å². The Morgan fingerprint density at radius 3 is 2.77 bits per heavy atom. The Balaban J connectivity index is 0.000000845. The van der Waals surface area contributed by atoms with Gasteiger partial charge >= 0.3 is 0 Å². The normalized spacial score (nSPS) is 9.62. The summed E-state index contributed by atoms with van der Waals surface area (Å²) >= 11 is 1.62. The summed E-state index contributed by atoms with van der Waals surface area (Å²) in [6, 6.07) is 1.78. The zero-order valence-corrected chi connectivity index (χ0v) is 8.58. The van der Waals surface area contributed by atoms with Crippen LogP contribution in [0.4, 0.5) is 5.82 Å². The number of aryl methyl sites for hydroxylation is 1. The zero-order valence-electron chi connectivity index (χ0n) is 6.94. The molecular formula is C7H9ClN4S. The van der Waals surface area contributed by atoms with Crippen LogP contribution in [-0.4, -0.2) is 15.2 Å². The van der Waals surface area contributed by atoms with Crippen LogP contribution >= 0.6 is 23.7 Å². The minimum absolute atomic E-state index is 0. The van der Waals surface area contributed by atoms with Crippen LogP contribution in [0.15, 0.2) is 12.3 Å². The van der Waals surface area contributed by atoms with E-state index >= 15 is 0 Å². The topological polar surface area (TPSA) is 67.6 Å². The molecule has 0 unspecified atom stereocenters. The van der Waals surface area contributed by atoms with E-state index in [1.165, 1.54) is 4.88 Å². The number of anilines is 1. The van der Waals surface area contributed by atoms with E-state index in [0.29, 0.717) is 5.82 Å². The van der Waals surface area contributed by atoms with Gasteiger partial charge in [0.25, 0.3) is 0 Å². The molecule has 6 heteroatoms. The molecule has 0 aliphatic carbocycles. The number of thiazole rings is 1. The Hall–Kier alpha value is -1.07. The summed E-state index contributed by atoms with van der Waals surface area (Å²) in [5, 5.41) is 7.56. The van der Waals surface area contributed by atoms with Crippen molar-refractivity contribution in [1.82, 2.24) is 15.2 Å². The maximum absolute atomic E-state index is 5.46. The van der Waals surface area contributed by atoms with Crippen LogP contribution in [-0.2, 0) is 0 Å². The maximum atomic E-state index is 5.46. The van der Waals surface area contributed by atoms with E-state index in [1.807, 2.05) is 13.1 Å². The fraction of sp³-hybridized carbons (Fsp3) is 0.143. The lowest BCUT2D eigenvalue weighted by atomic mass is 10.4. The highest BCUT2D eigenvalue weighted by atomic mass is 35.5. The maximum Gasteiger partial charge on any atom is 0.145 e. The SMILES string of the molecule is Cc1cnc(-c2cc(N)n[nH]2)s1.Cl. The quantitative estimate of drug-likeness (QED) is 0.765. The monoisotopic (exact) mass is 216 g/mol. The van der Waals surface area contributed by atoms with Gasteiger partial charge in [-0.1, -0.05) is 0 Å². The van der Waals surface area contributed by atoms with Gasteiger partial charge in [0.05, 0.1) is 5.69 Å². The molecule has 0 bridgehead atoms. The minimum atomic E-state index is 0. The molecule has 3 N–H and O–H groups in total.